The van der Waals surface area contributed by atoms with Gasteiger partial charge in [-0.15, -0.1) is 6.58 Å². The monoisotopic (exact) mass is 396 g/mol. The Balaban J connectivity index is 1.43. The van der Waals surface area contributed by atoms with Crippen molar-refractivity contribution >= 4 is 5.97 Å². The lowest BCUT2D eigenvalue weighted by Crippen LogP contribution is -2.30. The zero-order valence-electron chi connectivity index (χ0n) is 16.5. The number of ether oxygens (including phenoxy) is 1. The van der Waals surface area contributed by atoms with Gasteiger partial charge in [0, 0.05) is 0 Å². The van der Waals surface area contributed by atoms with E-state index >= 15 is 0 Å². The van der Waals surface area contributed by atoms with Crippen LogP contribution in [0.4, 0.5) is 8.78 Å². The third kappa shape index (κ3) is 4.42. The Kier molecular flexibility index (Phi) is 5.79. The highest BCUT2D eigenvalue weighted by Gasteiger charge is 2.36. The molecule has 0 amide bonds. The van der Waals surface area contributed by atoms with Gasteiger partial charge in [0.05, 0.1) is 5.56 Å². The molecule has 0 bridgehead atoms. The summed E-state index contributed by atoms with van der Waals surface area (Å²) in [7, 11) is 0. The maximum atomic E-state index is 14.9. The highest BCUT2D eigenvalue weighted by molar-refractivity contribution is 5.91. The number of carbonyl (C=O) groups excluding carboxylic acids is 1. The predicted octanol–water partition coefficient (Wildman–Crippen LogP) is 6.67. The first-order valence-electron chi connectivity index (χ1n) is 10.4. The van der Waals surface area contributed by atoms with E-state index in [9.17, 15) is 13.6 Å². The lowest BCUT2D eigenvalue weighted by molar-refractivity contribution is 0.0734. The molecule has 0 heterocycles. The van der Waals surface area contributed by atoms with Crippen molar-refractivity contribution in [2.75, 3.05) is 0 Å². The van der Waals surface area contributed by atoms with Crippen molar-refractivity contribution in [3.05, 3.63) is 77.9 Å². The van der Waals surface area contributed by atoms with Crippen LogP contribution >= 0.6 is 0 Å². The molecule has 152 valence electrons. The summed E-state index contributed by atoms with van der Waals surface area (Å²) in [6.07, 6.45) is 8.83. The summed E-state index contributed by atoms with van der Waals surface area (Å²) in [4.78, 5) is 12.3. The van der Waals surface area contributed by atoms with Crippen LogP contribution in [0.2, 0.25) is 0 Å². The van der Waals surface area contributed by atoms with Crippen LogP contribution in [0.3, 0.4) is 0 Å². The molecule has 2 fully saturated rings. The minimum atomic E-state index is -0.645. The summed E-state index contributed by atoms with van der Waals surface area (Å²) < 4.78 is 33.0. The molecule has 4 unspecified atom stereocenters. The van der Waals surface area contributed by atoms with Crippen LogP contribution in [0.15, 0.2) is 55.1 Å². The van der Waals surface area contributed by atoms with E-state index in [4.69, 9.17) is 4.74 Å². The van der Waals surface area contributed by atoms with Crippen LogP contribution in [0, 0.1) is 29.4 Å². The minimum Gasteiger partial charge on any atom is -0.423 e. The van der Waals surface area contributed by atoms with Crippen LogP contribution < -0.4 is 4.74 Å². The fourth-order valence-corrected chi connectivity index (χ4v) is 5.08. The van der Waals surface area contributed by atoms with E-state index in [1.807, 2.05) is 0 Å². The van der Waals surface area contributed by atoms with Crippen molar-refractivity contribution in [1.29, 1.82) is 0 Å². The molecule has 4 atom stereocenters. The number of hydrogen-bond acceptors (Lipinski definition) is 2. The van der Waals surface area contributed by atoms with Gasteiger partial charge in [0.2, 0.25) is 0 Å². The number of esters is 1. The molecular weight excluding hydrogens is 370 g/mol. The van der Waals surface area contributed by atoms with Gasteiger partial charge in [-0.05, 0) is 104 Å². The summed E-state index contributed by atoms with van der Waals surface area (Å²) in [5.41, 5.74) is 0.864. The number of halogens is 2. The second-order valence-corrected chi connectivity index (χ2v) is 8.42. The molecule has 0 radical (unpaired) electrons. The molecule has 4 rings (SSSR count). The summed E-state index contributed by atoms with van der Waals surface area (Å²) in [5, 5.41) is 0. The van der Waals surface area contributed by atoms with Gasteiger partial charge < -0.3 is 4.74 Å². The van der Waals surface area contributed by atoms with E-state index in [0.29, 0.717) is 17.4 Å². The second kappa shape index (κ2) is 8.48. The molecule has 2 nitrogen and oxygen atoms in total. The van der Waals surface area contributed by atoms with Crippen molar-refractivity contribution in [3.8, 4) is 5.75 Å². The number of benzene rings is 2. The van der Waals surface area contributed by atoms with E-state index in [0.717, 1.165) is 25.2 Å². The normalized spacial score (nSPS) is 26.4. The Morgan fingerprint density at radius 1 is 0.966 bits per heavy atom. The molecule has 0 saturated heterocycles. The number of hydrogen-bond donors (Lipinski definition) is 0. The molecule has 2 aromatic rings. The third-order valence-corrected chi connectivity index (χ3v) is 6.69. The molecule has 2 aliphatic carbocycles. The van der Waals surface area contributed by atoms with E-state index in [1.54, 1.807) is 12.1 Å². The summed E-state index contributed by atoms with van der Waals surface area (Å²) in [6, 6.07) is 9.80. The lowest BCUT2D eigenvalue weighted by atomic mass is 9.64. The average Bonchev–Trinajstić information content (AvgIpc) is 2.74. The van der Waals surface area contributed by atoms with Gasteiger partial charge in [0.15, 0.2) is 0 Å². The van der Waals surface area contributed by atoms with Gasteiger partial charge in [-0.1, -0.05) is 12.1 Å². The maximum absolute atomic E-state index is 14.9. The van der Waals surface area contributed by atoms with Gasteiger partial charge >= 0.3 is 5.97 Å². The molecule has 0 aliphatic heterocycles. The van der Waals surface area contributed by atoms with Crippen LogP contribution in [0.5, 0.6) is 5.75 Å². The first-order valence-corrected chi connectivity index (χ1v) is 10.4. The first-order chi connectivity index (χ1) is 14.0. The van der Waals surface area contributed by atoms with Crippen molar-refractivity contribution in [3.63, 3.8) is 0 Å². The molecule has 29 heavy (non-hydrogen) atoms. The van der Waals surface area contributed by atoms with Crippen molar-refractivity contribution in [1.82, 2.24) is 0 Å². The van der Waals surface area contributed by atoms with E-state index < -0.39 is 11.8 Å². The van der Waals surface area contributed by atoms with Gasteiger partial charge in [-0.25, -0.2) is 13.6 Å². The molecule has 0 N–H and O–H groups in total. The van der Waals surface area contributed by atoms with Crippen LogP contribution in [-0.4, -0.2) is 5.97 Å². The van der Waals surface area contributed by atoms with Crippen molar-refractivity contribution < 1.29 is 18.3 Å². The van der Waals surface area contributed by atoms with Gasteiger partial charge in [-0.3, -0.25) is 0 Å². The smallest absolute Gasteiger partial charge is 0.343 e. The standard InChI is InChI=1S/C25H26F2O2/c1-2-16-3-4-18-14-19(6-5-17(18)13-16)23-12-7-20(15-24(23)27)25(28)29-22-10-8-21(26)9-11-22/h2,7-12,15-19H,1,3-6,13-14H2. The molecule has 2 aromatic carbocycles. The molecule has 2 aliphatic rings. The largest absolute Gasteiger partial charge is 0.423 e. The highest BCUT2D eigenvalue weighted by atomic mass is 19.1. The van der Waals surface area contributed by atoms with Crippen molar-refractivity contribution in [2.45, 2.75) is 44.4 Å². The lowest BCUT2D eigenvalue weighted by Gasteiger charge is -2.41. The summed E-state index contributed by atoms with van der Waals surface area (Å²) in [5.74, 6) is 1.07. The maximum Gasteiger partial charge on any atom is 0.343 e. The second-order valence-electron chi connectivity index (χ2n) is 8.42. The zero-order valence-corrected chi connectivity index (χ0v) is 16.5. The average molecular weight is 396 g/mol. The minimum absolute atomic E-state index is 0.163. The molecular formula is C25H26F2O2. The van der Waals surface area contributed by atoms with E-state index in [2.05, 4.69) is 12.7 Å². The number of fused-ring (bicyclic) bond motifs is 1. The SMILES string of the molecule is C=CC1CCC2CC(c3ccc(C(=O)Oc4ccc(F)cc4)cc3F)CCC2C1. The van der Waals surface area contributed by atoms with Gasteiger partial charge in [0.1, 0.15) is 17.4 Å². The number of allylic oxidation sites excluding steroid dienone is 1. The fraction of sp³-hybridized carbons (Fsp3) is 0.400. The fourth-order valence-electron chi connectivity index (χ4n) is 5.08. The molecule has 2 saturated carbocycles. The van der Waals surface area contributed by atoms with Crippen LogP contribution in [-0.2, 0) is 0 Å². The predicted molar refractivity (Wildman–Crippen MR) is 109 cm³/mol. The first kappa shape index (κ1) is 19.8. The van der Waals surface area contributed by atoms with E-state index in [-0.39, 0.29) is 23.0 Å². The molecule has 4 heteroatoms. The topological polar surface area (TPSA) is 26.3 Å². The molecule has 0 aromatic heterocycles. The quantitative estimate of drug-likeness (QED) is 0.328. The third-order valence-electron chi connectivity index (χ3n) is 6.69. The Morgan fingerprint density at radius 3 is 2.41 bits per heavy atom. The Hall–Kier alpha value is -2.49. The molecule has 0 spiro atoms. The highest BCUT2D eigenvalue weighted by Crippen LogP contribution is 2.48. The van der Waals surface area contributed by atoms with Crippen LogP contribution in [0.25, 0.3) is 0 Å². The number of carbonyl (C=O) groups is 1. The van der Waals surface area contributed by atoms with Crippen LogP contribution in [0.1, 0.15) is 60.4 Å². The zero-order chi connectivity index (χ0) is 20.4. The summed E-state index contributed by atoms with van der Waals surface area (Å²) in [6.45, 7) is 3.94. The van der Waals surface area contributed by atoms with Gasteiger partial charge in [-0.2, -0.15) is 0 Å². The Bertz CT molecular complexity index is 890. The Labute approximate surface area is 170 Å². The summed E-state index contributed by atoms with van der Waals surface area (Å²) >= 11 is 0. The van der Waals surface area contributed by atoms with Gasteiger partial charge in [0.25, 0.3) is 0 Å². The Morgan fingerprint density at radius 2 is 1.69 bits per heavy atom. The van der Waals surface area contributed by atoms with Crippen molar-refractivity contribution in [2.24, 2.45) is 17.8 Å². The number of rotatable bonds is 4. The van der Waals surface area contributed by atoms with E-state index in [1.165, 1.54) is 49.6 Å².